The highest BCUT2D eigenvalue weighted by Gasteiger charge is 2.13. The second-order valence-corrected chi connectivity index (χ2v) is 7.00. The van der Waals surface area contributed by atoms with Gasteiger partial charge in [-0.05, 0) is 49.4 Å². The van der Waals surface area contributed by atoms with Gasteiger partial charge in [0.2, 0.25) is 0 Å². The molecule has 1 N–H and O–H groups in total. The second-order valence-electron chi connectivity index (χ2n) is 6.59. The van der Waals surface area contributed by atoms with Crippen LogP contribution in [-0.2, 0) is 0 Å². The van der Waals surface area contributed by atoms with Crippen molar-refractivity contribution in [1.29, 1.82) is 0 Å². The number of nitrogens with one attached hydrogen (secondary N) is 1. The molecule has 0 atom stereocenters. The van der Waals surface area contributed by atoms with Gasteiger partial charge in [0.05, 0.1) is 17.2 Å². The summed E-state index contributed by atoms with van der Waals surface area (Å²) in [6.45, 7) is 2.40. The largest absolute Gasteiger partial charge is 0.494 e. The summed E-state index contributed by atoms with van der Waals surface area (Å²) in [6.07, 6.45) is 0. The first-order valence-corrected chi connectivity index (χ1v) is 9.80. The molecule has 150 valence electrons. The van der Waals surface area contributed by atoms with E-state index in [0.717, 1.165) is 5.39 Å². The number of halogens is 1. The Bertz CT molecular complexity index is 1300. The Morgan fingerprint density at radius 1 is 1.00 bits per heavy atom. The van der Waals surface area contributed by atoms with Crippen LogP contribution in [0, 0.1) is 0 Å². The predicted octanol–water partition coefficient (Wildman–Crippen LogP) is 5.76. The maximum absolute atomic E-state index is 12.6. The summed E-state index contributed by atoms with van der Waals surface area (Å²) in [4.78, 5) is 25.0. The number of para-hydroxylation sites is 1. The molecule has 0 fully saturated rings. The fourth-order valence-corrected chi connectivity index (χ4v) is 3.44. The molecule has 0 aliphatic carbocycles. The summed E-state index contributed by atoms with van der Waals surface area (Å²) >= 11 is 6.43. The van der Waals surface area contributed by atoms with E-state index in [1.165, 1.54) is 0 Å². The van der Waals surface area contributed by atoms with Crippen LogP contribution in [0.2, 0.25) is 5.02 Å². The van der Waals surface area contributed by atoms with Crippen LogP contribution >= 0.6 is 11.6 Å². The van der Waals surface area contributed by atoms with E-state index < -0.39 is 5.63 Å². The Balaban J connectivity index is 1.61. The first-order chi connectivity index (χ1) is 14.5. The molecule has 0 aliphatic heterocycles. The molecule has 0 saturated carbocycles. The van der Waals surface area contributed by atoms with Gasteiger partial charge in [0.25, 0.3) is 5.91 Å². The smallest absolute Gasteiger partial charge is 0.344 e. The highest BCUT2D eigenvalue weighted by molar-refractivity contribution is 6.33. The Kier molecular flexibility index (Phi) is 5.55. The lowest BCUT2D eigenvalue weighted by atomic mass is 10.1. The molecule has 4 rings (SSSR count). The lowest BCUT2D eigenvalue weighted by Crippen LogP contribution is -2.12. The molecule has 6 heteroatoms. The quantitative estimate of drug-likeness (QED) is 0.417. The molecule has 0 bridgehead atoms. The van der Waals surface area contributed by atoms with Gasteiger partial charge < -0.3 is 14.5 Å². The minimum Gasteiger partial charge on any atom is -0.494 e. The van der Waals surface area contributed by atoms with Gasteiger partial charge in [-0.15, -0.1) is 0 Å². The average molecular weight is 420 g/mol. The van der Waals surface area contributed by atoms with Gasteiger partial charge in [-0.3, -0.25) is 4.79 Å². The van der Waals surface area contributed by atoms with Gasteiger partial charge in [0, 0.05) is 22.2 Å². The topological polar surface area (TPSA) is 68.5 Å². The lowest BCUT2D eigenvalue weighted by molar-refractivity contribution is 0.102. The average Bonchev–Trinajstić information content (AvgIpc) is 2.74. The van der Waals surface area contributed by atoms with Crippen LogP contribution in [0.5, 0.6) is 5.75 Å². The molecule has 1 aromatic heterocycles. The highest BCUT2D eigenvalue weighted by Crippen LogP contribution is 2.30. The molecular weight excluding hydrogens is 402 g/mol. The number of fused-ring (bicyclic) bond motifs is 1. The van der Waals surface area contributed by atoms with Crippen LogP contribution in [-0.4, -0.2) is 12.5 Å². The summed E-state index contributed by atoms with van der Waals surface area (Å²) < 4.78 is 10.8. The van der Waals surface area contributed by atoms with Gasteiger partial charge in [0.1, 0.15) is 11.3 Å². The van der Waals surface area contributed by atoms with E-state index in [0.29, 0.717) is 45.3 Å². The van der Waals surface area contributed by atoms with Crippen molar-refractivity contribution in [1.82, 2.24) is 0 Å². The van der Waals surface area contributed by atoms with E-state index in [1.54, 1.807) is 60.7 Å². The summed E-state index contributed by atoms with van der Waals surface area (Å²) in [5.74, 6) is 0.340. The maximum Gasteiger partial charge on any atom is 0.344 e. The van der Waals surface area contributed by atoms with Crippen LogP contribution in [0.25, 0.3) is 22.1 Å². The van der Waals surface area contributed by atoms with Crippen LogP contribution in [0.15, 0.2) is 82.0 Å². The molecule has 30 heavy (non-hydrogen) atoms. The standard InChI is InChI=1S/C24H18ClNO4/c1-2-29-18-8-5-7-16(12-18)23(27)26-17-10-11-19(21(25)14-17)20-13-15-6-3-4-9-22(15)30-24(20)28/h3-14H,2H2,1H3,(H,26,27). The van der Waals surface area contributed by atoms with E-state index in [2.05, 4.69) is 5.32 Å². The predicted molar refractivity (Wildman–Crippen MR) is 118 cm³/mol. The molecule has 1 amide bonds. The lowest BCUT2D eigenvalue weighted by Gasteiger charge is -2.10. The number of anilines is 1. The van der Waals surface area contributed by atoms with Gasteiger partial charge in [-0.25, -0.2) is 4.79 Å². The zero-order valence-electron chi connectivity index (χ0n) is 16.1. The Morgan fingerprint density at radius 2 is 1.83 bits per heavy atom. The molecule has 0 aliphatic rings. The van der Waals surface area contributed by atoms with Crippen LogP contribution in [0.1, 0.15) is 17.3 Å². The third-order valence-corrected chi connectivity index (χ3v) is 4.88. The molecule has 5 nitrogen and oxygen atoms in total. The summed E-state index contributed by atoms with van der Waals surface area (Å²) in [7, 11) is 0. The molecule has 0 unspecified atom stereocenters. The van der Waals surface area contributed by atoms with Crippen molar-refractivity contribution in [2.75, 3.05) is 11.9 Å². The Labute approximate surface area is 177 Å². The summed E-state index contributed by atoms with van der Waals surface area (Å²) in [5.41, 5.74) is 1.92. The third-order valence-electron chi connectivity index (χ3n) is 4.57. The van der Waals surface area contributed by atoms with Crippen molar-refractivity contribution in [3.63, 3.8) is 0 Å². The number of hydrogen-bond acceptors (Lipinski definition) is 4. The minimum absolute atomic E-state index is 0.286. The molecule has 0 radical (unpaired) electrons. The molecule has 4 aromatic rings. The summed E-state index contributed by atoms with van der Waals surface area (Å²) in [6, 6.07) is 20.9. The van der Waals surface area contributed by atoms with Crippen molar-refractivity contribution >= 4 is 34.2 Å². The van der Waals surface area contributed by atoms with Gasteiger partial charge in [-0.2, -0.15) is 0 Å². The van der Waals surface area contributed by atoms with Gasteiger partial charge in [-0.1, -0.05) is 41.9 Å². The molecule has 1 heterocycles. The zero-order valence-corrected chi connectivity index (χ0v) is 16.9. The number of ether oxygens (including phenoxy) is 1. The SMILES string of the molecule is CCOc1cccc(C(=O)Nc2ccc(-c3cc4ccccc4oc3=O)c(Cl)c2)c1. The monoisotopic (exact) mass is 419 g/mol. The molecule has 0 saturated heterocycles. The van der Waals surface area contributed by atoms with Crippen LogP contribution < -0.4 is 15.7 Å². The van der Waals surface area contributed by atoms with Gasteiger partial charge in [0.15, 0.2) is 0 Å². The minimum atomic E-state index is -0.472. The van der Waals surface area contributed by atoms with Crippen LogP contribution in [0.4, 0.5) is 5.69 Å². The normalized spacial score (nSPS) is 10.7. The first kappa shape index (κ1) is 19.7. The van der Waals surface area contributed by atoms with E-state index in [-0.39, 0.29) is 5.91 Å². The second kappa shape index (κ2) is 8.43. The first-order valence-electron chi connectivity index (χ1n) is 9.42. The van der Waals surface area contributed by atoms with E-state index in [9.17, 15) is 9.59 Å². The number of amides is 1. The molecular formula is C24H18ClNO4. The molecule has 0 spiro atoms. The van der Waals surface area contributed by atoms with Crippen molar-refractivity contribution in [3.8, 4) is 16.9 Å². The number of rotatable bonds is 5. The van der Waals surface area contributed by atoms with Crippen molar-refractivity contribution < 1.29 is 13.9 Å². The Morgan fingerprint density at radius 3 is 2.63 bits per heavy atom. The van der Waals surface area contributed by atoms with Crippen molar-refractivity contribution in [3.05, 3.63) is 93.8 Å². The maximum atomic E-state index is 12.6. The van der Waals surface area contributed by atoms with Crippen LogP contribution in [0.3, 0.4) is 0 Å². The van der Waals surface area contributed by atoms with E-state index >= 15 is 0 Å². The fourth-order valence-electron chi connectivity index (χ4n) is 3.16. The van der Waals surface area contributed by atoms with E-state index in [4.69, 9.17) is 20.8 Å². The number of carbonyl (C=O) groups excluding carboxylic acids is 1. The fraction of sp³-hybridized carbons (Fsp3) is 0.0833. The number of carbonyl (C=O) groups is 1. The van der Waals surface area contributed by atoms with E-state index in [1.807, 2.05) is 19.1 Å². The number of hydrogen-bond donors (Lipinski definition) is 1. The van der Waals surface area contributed by atoms with Crippen molar-refractivity contribution in [2.24, 2.45) is 0 Å². The van der Waals surface area contributed by atoms with Gasteiger partial charge >= 0.3 is 5.63 Å². The summed E-state index contributed by atoms with van der Waals surface area (Å²) in [5, 5.41) is 3.94. The number of benzene rings is 3. The third kappa shape index (κ3) is 4.07. The zero-order chi connectivity index (χ0) is 21.1. The van der Waals surface area contributed by atoms with Crippen molar-refractivity contribution in [2.45, 2.75) is 6.92 Å². The highest BCUT2D eigenvalue weighted by atomic mass is 35.5. The Hall–Kier alpha value is -3.57. The molecule has 3 aromatic carbocycles.